The largest absolute Gasteiger partial charge is 0.347 e. The number of amides is 1. The second-order valence-corrected chi connectivity index (χ2v) is 7.83. The van der Waals surface area contributed by atoms with E-state index in [9.17, 15) is 4.79 Å². The molecule has 1 aliphatic heterocycles. The average Bonchev–Trinajstić information content (AvgIpc) is 3.42. The van der Waals surface area contributed by atoms with Crippen LogP contribution in [0.1, 0.15) is 37.5 Å². The first kappa shape index (κ1) is 19.6. The lowest BCUT2D eigenvalue weighted by Crippen LogP contribution is -2.42. The van der Waals surface area contributed by atoms with Crippen molar-refractivity contribution in [3.05, 3.63) is 47.7 Å². The molecule has 0 bridgehead atoms. The van der Waals surface area contributed by atoms with Crippen LogP contribution in [0.15, 0.2) is 35.0 Å². The zero-order chi connectivity index (χ0) is 20.4. The van der Waals surface area contributed by atoms with E-state index < -0.39 is 0 Å². The Morgan fingerprint density at radius 1 is 1.34 bits per heavy atom. The van der Waals surface area contributed by atoms with Crippen LogP contribution >= 0.6 is 0 Å². The molecule has 3 aromatic rings. The Balaban J connectivity index is 1.41. The summed E-state index contributed by atoms with van der Waals surface area (Å²) in [5.74, 6) is 1.34. The van der Waals surface area contributed by atoms with Gasteiger partial charge in [-0.1, -0.05) is 23.4 Å². The van der Waals surface area contributed by atoms with Crippen LogP contribution < -0.4 is 0 Å². The maximum atomic E-state index is 12.3. The molecular weight excluding hydrogens is 366 g/mol. The zero-order valence-corrected chi connectivity index (χ0v) is 17.5. The van der Waals surface area contributed by atoms with Crippen molar-refractivity contribution < 1.29 is 9.32 Å². The summed E-state index contributed by atoms with van der Waals surface area (Å²) in [7, 11) is 0. The minimum absolute atomic E-state index is 0.111. The quantitative estimate of drug-likeness (QED) is 0.615. The van der Waals surface area contributed by atoms with Gasteiger partial charge in [-0.3, -0.25) is 9.69 Å². The molecule has 7 heteroatoms. The fraction of sp³-hybridized carbons (Fsp3) is 0.500. The van der Waals surface area contributed by atoms with Gasteiger partial charge in [-0.2, -0.15) is 4.98 Å². The minimum atomic E-state index is 0.111. The molecule has 154 valence electrons. The van der Waals surface area contributed by atoms with Crippen molar-refractivity contribution in [3.63, 3.8) is 0 Å². The molecule has 3 heterocycles. The predicted molar refractivity (Wildman–Crippen MR) is 111 cm³/mol. The maximum absolute atomic E-state index is 12.3. The Labute approximate surface area is 171 Å². The summed E-state index contributed by atoms with van der Waals surface area (Å²) in [5, 5.41) is 5.27. The predicted octanol–water partition coefficient (Wildman–Crippen LogP) is 3.02. The highest BCUT2D eigenvalue weighted by molar-refractivity contribution is 5.84. The van der Waals surface area contributed by atoms with E-state index in [2.05, 4.69) is 57.0 Å². The minimum Gasteiger partial charge on any atom is -0.347 e. The number of fused-ring (bicyclic) bond motifs is 1. The van der Waals surface area contributed by atoms with E-state index in [1.165, 1.54) is 16.5 Å². The molecule has 1 aliphatic rings. The van der Waals surface area contributed by atoms with Gasteiger partial charge in [0.05, 0.1) is 0 Å². The van der Waals surface area contributed by atoms with E-state index in [0.717, 1.165) is 32.6 Å². The van der Waals surface area contributed by atoms with Crippen LogP contribution in [0, 0.1) is 6.92 Å². The fourth-order valence-corrected chi connectivity index (χ4v) is 4.42. The topological polar surface area (TPSA) is 67.4 Å². The van der Waals surface area contributed by atoms with Crippen molar-refractivity contribution in [1.82, 2.24) is 24.5 Å². The number of hydrogen-bond donors (Lipinski definition) is 0. The van der Waals surface area contributed by atoms with Gasteiger partial charge in [0.25, 0.3) is 0 Å². The molecule has 1 fully saturated rings. The van der Waals surface area contributed by atoms with Gasteiger partial charge < -0.3 is 14.0 Å². The van der Waals surface area contributed by atoms with Gasteiger partial charge in [-0.25, -0.2) is 0 Å². The van der Waals surface area contributed by atoms with E-state index >= 15 is 0 Å². The van der Waals surface area contributed by atoms with Crippen molar-refractivity contribution in [2.45, 2.75) is 52.7 Å². The Bertz CT molecular complexity index is 992. The van der Waals surface area contributed by atoms with Crippen molar-refractivity contribution in [1.29, 1.82) is 0 Å². The highest BCUT2D eigenvalue weighted by Crippen LogP contribution is 2.25. The van der Waals surface area contributed by atoms with Crippen LogP contribution in [0.4, 0.5) is 0 Å². The molecule has 1 unspecified atom stereocenters. The first-order valence-electron chi connectivity index (χ1n) is 10.4. The Hall–Kier alpha value is -2.67. The Morgan fingerprint density at radius 3 is 2.90 bits per heavy atom. The molecule has 0 saturated carbocycles. The third-order valence-electron chi connectivity index (χ3n) is 5.84. The molecule has 0 radical (unpaired) electrons. The van der Waals surface area contributed by atoms with Crippen LogP contribution in [0.5, 0.6) is 0 Å². The Morgan fingerprint density at radius 2 is 2.17 bits per heavy atom. The van der Waals surface area contributed by atoms with Gasteiger partial charge in [0.1, 0.15) is 0 Å². The number of hydrogen-bond acceptors (Lipinski definition) is 5. The number of benzene rings is 1. The number of para-hydroxylation sites is 1. The molecule has 1 atom stereocenters. The lowest BCUT2D eigenvalue weighted by atomic mass is 10.1. The Kier molecular flexibility index (Phi) is 5.67. The molecular formula is C22H29N5O2. The highest BCUT2D eigenvalue weighted by Gasteiger charge is 2.29. The maximum Gasteiger partial charge on any atom is 0.223 e. The van der Waals surface area contributed by atoms with E-state index in [0.29, 0.717) is 24.7 Å². The second-order valence-electron chi connectivity index (χ2n) is 7.83. The number of likely N-dealkylation sites (tertiary alicyclic amines) is 1. The summed E-state index contributed by atoms with van der Waals surface area (Å²) in [6, 6.07) is 8.83. The molecule has 0 spiro atoms. The van der Waals surface area contributed by atoms with Gasteiger partial charge in [-0.05, 0) is 25.0 Å². The standard InChI is InChI=1S/C22H29N5O2/c1-4-26-14-18(20-7-5-6-8-21(20)26)13-25-11-9-19(15-25)27(17(3)28)12-10-22-23-16(2)29-24-22/h5-8,14,19H,4,9-13,15H2,1-3H3. The molecule has 1 aromatic carbocycles. The van der Waals surface area contributed by atoms with E-state index in [1.807, 2.05) is 4.90 Å². The lowest BCUT2D eigenvalue weighted by Gasteiger charge is -2.27. The summed E-state index contributed by atoms with van der Waals surface area (Å²) in [6.07, 6.45) is 3.90. The van der Waals surface area contributed by atoms with Crippen molar-refractivity contribution in [2.75, 3.05) is 19.6 Å². The van der Waals surface area contributed by atoms with Gasteiger partial charge in [0.2, 0.25) is 11.8 Å². The first-order chi connectivity index (χ1) is 14.0. The summed E-state index contributed by atoms with van der Waals surface area (Å²) in [4.78, 5) is 21.0. The summed E-state index contributed by atoms with van der Waals surface area (Å²) < 4.78 is 7.35. The summed E-state index contributed by atoms with van der Waals surface area (Å²) in [5.41, 5.74) is 2.65. The van der Waals surface area contributed by atoms with Crippen molar-refractivity contribution in [3.8, 4) is 0 Å². The molecule has 1 amide bonds. The van der Waals surface area contributed by atoms with Gasteiger partial charge in [-0.15, -0.1) is 0 Å². The van der Waals surface area contributed by atoms with Crippen LogP contribution in [0.25, 0.3) is 10.9 Å². The smallest absolute Gasteiger partial charge is 0.223 e. The first-order valence-corrected chi connectivity index (χ1v) is 10.4. The third-order valence-corrected chi connectivity index (χ3v) is 5.84. The molecule has 2 aromatic heterocycles. The zero-order valence-electron chi connectivity index (χ0n) is 17.5. The molecule has 0 aliphatic carbocycles. The number of aryl methyl sites for hydroxylation is 2. The van der Waals surface area contributed by atoms with E-state index in [1.54, 1.807) is 13.8 Å². The van der Waals surface area contributed by atoms with E-state index in [4.69, 9.17) is 4.52 Å². The second kappa shape index (κ2) is 8.37. The van der Waals surface area contributed by atoms with Crippen molar-refractivity contribution >= 4 is 16.8 Å². The molecule has 29 heavy (non-hydrogen) atoms. The highest BCUT2D eigenvalue weighted by atomic mass is 16.5. The van der Waals surface area contributed by atoms with Gasteiger partial charge in [0, 0.05) is 76.1 Å². The monoisotopic (exact) mass is 395 g/mol. The third kappa shape index (κ3) is 4.19. The number of aromatic nitrogens is 3. The number of carbonyl (C=O) groups excluding carboxylic acids is 1. The number of nitrogens with zero attached hydrogens (tertiary/aromatic N) is 5. The van der Waals surface area contributed by atoms with Gasteiger partial charge in [0.15, 0.2) is 5.82 Å². The van der Waals surface area contributed by atoms with Crippen LogP contribution in [0.3, 0.4) is 0 Å². The van der Waals surface area contributed by atoms with Crippen molar-refractivity contribution in [2.24, 2.45) is 0 Å². The molecule has 7 nitrogen and oxygen atoms in total. The average molecular weight is 396 g/mol. The fourth-order valence-electron chi connectivity index (χ4n) is 4.42. The summed E-state index contributed by atoms with van der Waals surface area (Å²) in [6.45, 7) is 10.0. The van der Waals surface area contributed by atoms with Crippen LogP contribution in [-0.4, -0.2) is 56.1 Å². The van der Waals surface area contributed by atoms with E-state index in [-0.39, 0.29) is 11.9 Å². The number of carbonyl (C=O) groups is 1. The SMILES string of the molecule is CCn1cc(CN2CCC(N(CCc3noc(C)n3)C(C)=O)C2)c2ccccc21. The number of rotatable bonds is 7. The van der Waals surface area contributed by atoms with Crippen LogP contribution in [-0.2, 0) is 24.3 Å². The van der Waals surface area contributed by atoms with Crippen LogP contribution in [0.2, 0.25) is 0 Å². The molecule has 1 saturated heterocycles. The van der Waals surface area contributed by atoms with Gasteiger partial charge >= 0.3 is 0 Å². The summed E-state index contributed by atoms with van der Waals surface area (Å²) >= 11 is 0. The lowest BCUT2D eigenvalue weighted by molar-refractivity contribution is -0.130. The molecule has 4 rings (SSSR count). The normalized spacial score (nSPS) is 17.3. The molecule has 0 N–H and O–H groups in total.